The summed E-state index contributed by atoms with van der Waals surface area (Å²) in [6, 6.07) is 0. The molecule has 1 saturated heterocycles. The molecule has 0 amide bonds. The molecule has 0 saturated carbocycles. The monoisotopic (exact) mass is 324 g/mol. The van der Waals surface area contributed by atoms with Crippen LogP contribution in [-0.2, 0) is 9.47 Å². The molecule has 0 spiro atoms. The number of hydrogen-bond acceptors (Lipinski definition) is 2. The average molecular weight is 325 g/mol. The minimum atomic E-state index is -2.19. The second-order valence-corrected chi connectivity index (χ2v) is 14.6. The first-order valence-corrected chi connectivity index (χ1v) is 12.4. The van der Waals surface area contributed by atoms with Crippen molar-refractivity contribution in [1.82, 2.24) is 0 Å². The topological polar surface area (TPSA) is 18.5 Å². The summed E-state index contributed by atoms with van der Waals surface area (Å²) in [5.41, 5.74) is 0. The van der Waals surface area contributed by atoms with Gasteiger partial charge in [-0.3, -0.25) is 0 Å². The zero-order valence-electron chi connectivity index (χ0n) is 13.7. The van der Waals surface area contributed by atoms with Gasteiger partial charge in [-0.1, -0.05) is 0 Å². The zero-order chi connectivity index (χ0) is 14.9. The maximum atomic E-state index is 7.48. The van der Waals surface area contributed by atoms with Crippen LogP contribution in [0.2, 0.25) is 0 Å². The van der Waals surface area contributed by atoms with Crippen LogP contribution in [0.3, 0.4) is 0 Å². The number of unbranched alkanes of at least 4 members (excludes halogenated alkanes) is 3. The van der Waals surface area contributed by atoms with Gasteiger partial charge in [-0.15, -0.1) is 0 Å². The Balaban J connectivity index is 2.82. The zero-order valence-corrected chi connectivity index (χ0v) is 15.4. The van der Waals surface area contributed by atoms with Gasteiger partial charge in [-0.05, 0) is 0 Å². The average Bonchev–Trinajstić information content (AvgIpc) is 2.94. The van der Waals surface area contributed by atoms with E-state index < -0.39 is 5.96 Å². The van der Waals surface area contributed by atoms with Crippen molar-refractivity contribution in [3.05, 3.63) is 0 Å². The van der Waals surface area contributed by atoms with Crippen LogP contribution in [-0.4, -0.2) is 44.2 Å². The molecule has 1 heterocycles. The third-order valence-corrected chi connectivity index (χ3v) is 12.0. The van der Waals surface area contributed by atoms with Gasteiger partial charge in [0.05, 0.1) is 0 Å². The van der Waals surface area contributed by atoms with E-state index in [2.05, 4.69) is 20.8 Å². The number of hydrogen-bond donors (Lipinski definition) is 0. The van der Waals surface area contributed by atoms with E-state index in [9.17, 15) is 0 Å². The molecule has 0 atom stereocenters. The summed E-state index contributed by atoms with van der Waals surface area (Å²) in [4.78, 5) is 0. The molecular formula is C16H34ClO2P. The first-order valence-electron chi connectivity index (χ1n) is 8.51. The SMILES string of the molecule is CCCCP(Cl)(CCCC)(CCCC)CC1OCCO1. The van der Waals surface area contributed by atoms with Crippen molar-refractivity contribution < 1.29 is 9.47 Å². The van der Waals surface area contributed by atoms with Crippen molar-refractivity contribution in [2.75, 3.05) is 37.9 Å². The van der Waals surface area contributed by atoms with E-state index >= 15 is 0 Å². The van der Waals surface area contributed by atoms with E-state index in [4.69, 9.17) is 20.7 Å². The molecule has 0 radical (unpaired) electrons. The van der Waals surface area contributed by atoms with Gasteiger partial charge >= 0.3 is 130 Å². The second kappa shape index (κ2) is 8.93. The van der Waals surface area contributed by atoms with Crippen LogP contribution < -0.4 is 0 Å². The summed E-state index contributed by atoms with van der Waals surface area (Å²) in [5.74, 6) is -2.19. The molecule has 0 aliphatic carbocycles. The molecule has 122 valence electrons. The molecule has 1 aliphatic heterocycles. The Morgan fingerprint density at radius 1 is 0.850 bits per heavy atom. The first-order chi connectivity index (χ1) is 9.56. The molecule has 0 aromatic heterocycles. The van der Waals surface area contributed by atoms with Gasteiger partial charge in [0, 0.05) is 0 Å². The molecule has 1 aliphatic rings. The van der Waals surface area contributed by atoms with Crippen molar-refractivity contribution in [3.63, 3.8) is 0 Å². The Morgan fingerprint density at radius 3 is 1.60 bits per heavy atom. The van der Waals surface area contributed by atoms with Crippen molar-refractivity contribution in [2.45, 2.75) is 65.6 Å². The fraction of sp³-hybridized carbons (Fsp3) is 1.00. The molecule has 0 unspecified atom stereocenters. The molecule has 1 rings (SSSR count). The molecule has 0 N–H and O–H groups in total. The van der Waals surface area contributed by atoms with Crippen LogP contribution in [0, 0.1) is 0 Å². The van der Waals surface area contributed by atoms with E-state index in [0.29, 0.717) is 0 Å². The van der Waals surface area contributed by atoms with Crippen LogP contribution in [0.1, 0.15) is 59.3 Å². The third-order valence-electron chi connectivity index (χ3n) is 4.51. The number of halogens is 1. The van der Waals surface area contributed by atoms with Gasteiger partial charge < -0.3 is 0 Å². The van der Waals surface area contributed by atoms with Crippen molar-refractivity contribution in [1.29, 1.82) is 0 Å². The van der Waals surface area contributed by atoms with Crippen molar-refractivity contribution >= 4 is 17.2 Å². The normalized spacial score (nSPS) is 19.1. The maximum absolute atomic E-state index is 7.48. The number of rotatable bonds is 11. The van der Waals surface area contributed by atoms with E-state index in [-0.39, 0.29) is 6.29 Å². The van der Waals surface area contributed by atoms with Gasteiger partial charge in [0.25, 0.3) is 0 Å². The summed E-state index contributed by atoms with van der Waals surface area (Å²) in [7, 11) is 0. The summed E-state index contributed by atoms with van der Waals surface area (Å²) in [6.07, 6.45) is 12.0. The summed E-state index contributed by atoms with van der Waals surface area (Å²) < 4.78 is 11.5. The Bertz CT molecular complexity index is 243. The molecule has 2 nitrogen and oxygen atoms in total. The summed E-state index contributed by atoms with van der Waals surface area (Å²) >= 11 is 7.48. The van der Waals surface area contributed by atoms with Crippen molar-refractivity contribution in [2.24, 2.45) is 0 Å². The van der Waals surface area contributed by atoms with Gasteiger partial charge in [-0.25, -0.2) is 0 Å². The van der Waals surface area contributed by atoms with E-state index in [1.54, 1.807) is 0 Å². The second-order valence-electron chi connectivity index (χ2n) is 6.40. The molecule has 20 heavy (non-hydrogen) atoms. The van der Waals surface area contributed by atoms with Crippen LogP contribution in [0.5, 0.6) is 0 Å². The Kier molecular flexibility index (Phi) is 8.35. The van der Waals surface area contributed by atoms with Gasteiger partial charge in [-0.2, -0.15) is 0 Å². The predicted octanol–water partition coefficient (Wildman–Crippen LogP) is 5.47. The molecule has 0 bridgehead atoms. The van der Waals surface area contributed by atoms with Gasteiger partial charge in [0.2, 0.25) is 0 Å². The minimum absolute atomic E-state index is 0.0317. The Labute approximate surface area is 130 Å². The molecule has 4 heteroatoms. The summed E-state index contributed by atoms with van der Waals surface area (Å²) in [5, 5.41) is 0. The van der Waals surface area contributed by atoms with Crippen molar-refractivity contribution in [3.8, 4) is 0 Å². The third kappa shape index (κ3) is 5.79. The fourth-order valence-electron chi connectivity index (χ4n) is 3.15. The van der Waals surface area contributed by atoms with E-state index in [1.165, 1.54) is 57.0 Å². The van der Waals surface area contributed by atoms with Crippen LogP contribution in [0.4, 0.5) is 0 Å². The van der Waals surface area contributed by atoms with E-state index in [0.717, 1.165) is 19.4 Å². The number of ether oxygens (including phenoxy) is 2. The predicted molar refractivity (Wildman–Crippen MR) is 92.7 cm³/mol. The standard InChI is InChI=1S/C16H34ClO2P/c1-4-7-12-20(17,13-8-5-2,14-9-6-3)15-16-18-10-11-19-16/h16H,4-15H2,1-3H3. The Morgan fingerprint density at radius 2 is 1.25 bits per heavy atom. The van der Waals surface area contributed by atoms with Crippen LogP contribution in [0.15, 0.2) is 0 Å². The first kappa shape index (κ1) is 18.7. The molecule has 1 fully saturated rings. The van der Waals surface area contributed by atoms with Gasteiger partial charge in [0.15, 0.2) is 0 Å². The molecule has 0 aromatic carbocycles. The van der Waals surface area contributed by atoms with Crippen LogP contribution >= 0.6 is 17.2 Å². The Hall–Kier alpha value is 0.640. The quantitative estimate of drug-likeness (QED) is 0.469. The molecule has 0 aromatic rings. The molecular weight excluding hydrogens is 291 g/mol. The summed E-state index contributed by atoms with van der Waals surface area (Å²) in [6.45, 7) is 8.27. The van der Waals surface area contributed by atoms with Crippen LogP contribution in [0.25, 0.3) is 0 Å². The fourth-order valence-corrected chi connectivity index (χ4v) is 10.1. The van der Waals surface area contributed by atoms with E-state index in [1.807, 2.05) is 0 Å². The van der Waals surface area contributed by atoms with Gasteiger partial charge in [0.1, 0.15) is 0 Å².